The van der Waals surface area contributed by atoms with Crippen molar-refractivity contribution in [2.24, 2.45) is 11.7 Å². The van der Waals surface area contributed by atoms with Crippen LogP contribution >= 0.6 is 0 Å². The second-order valence-electron chi connectivity index (χ2n) is 5.03. The Hall–Kier alpha value is -2.17. The SMILES string of the molecule is Cc1cc(C)c2c(c1)C(=O)C(=O)N2CC(C)C(N)=O. The fourth-order valence-corrected chi connectivity index (χ4v) is 2.37. The largest absolute Gasteiger partial charge is 0.369 e. The summed E-state index contributed by atoms with van der Waals surface area (Å²) < 4.78 is 0. The van der Waals surface area contributed by atoms with Gasteiger partial charge in [-0.2, -0.15) is 0 Å². The number of primary amides is 1. The van der Waals surface area contributed by atoms with E-state index in [2.05, 4.69) is 0 Å². The maximum absolute atomic E-state index is 12.0. The molecule has 1 aliphatic heterocycles. The first kappa shape index (κ1) is 13.3. The molecular weight excluding hydrogens is 244 g/mol. The molecule has 0 fully saturated rings. The van der Waals surface area contributed by atoms with Crippen LogP contribution in [0.3, 0.4) is 0 Å². The van der Waals surface area contributed by atoms with Crippen LogP contribution in [0.2, 0.25) is 0 Å². The van der Waals surface area contributed by atoms with Crippen molar-refractivity contribution in [3.8, 4) is 0 Å². The minimum atomic E-state index is -0.586. The standard InChI is InChI=1S/C14H16N2O3/c1-7-4-8(2)11-10(5-7)12(17)14(19)16(11)6-9(3)13(15)18/h4-5,9H,6H2,1-3H3,(H2,15,18). The highest BCUT2D eigenvalue weighted by molar-refractivity contribution is 6.52. The van der Waals surface area contributed by atoms with E-state index >= 15 is 0 Å². The summed E-state index contributed by atoms with van der Waals surface area (Å²) in [6, 6.07) is 3.62. The van der Waals surface area contributed by atoms with Crippen molar-refractivity contribution in [2.45, 2.75) is 20.8 Å². The molecule has 2 amide bonds. The summed E-state index contributed by atoms with van der Waals surface area (Å²) in [7, 11) is 0. The van der Waals surface area contributed by atoms with Crippen LogP contribution in [-0.4, -0.2) is 24.1 Å². The summed E-state index contributed by atoms with van der Waals surface area (Å²) in [6.45, 7) is 5.50. The topological polar surface area (TPSA) is 80.5 Å². The van der Waals surface area contributed by atoms with Gasteiger partial charge in [-0.3, -0.25) is 14.4 Å². The number of carbonyl (C=O) groups excluding carboxylic acids is 3. The van der Waals surface area contributed by atoms with Gasteiger partial charge in [0.15, 0.2) is 0 Å². The maximum atomic E-state index is 12.0. The molecule has 2 rings (SSSR count). The number of hydrogen-bond donors (Lipinski definition) is 1. The predicted molar refractivity (Wildman–Crippen MR) is 71.0 cm³/mol. The number of Topliss-reactive ketones (excluding diaryl/α,β-unsaturated/α-hetero) is 1. The summed E-state index contributed by atoms with van der Waals surface area (Å²) in [5, 5.41) is 0. The molecule has 100 valence electrons. The van der Waals surface area contributed by atoms with Gasteiger partial charge in [0, 0.05) is 6.54 Å². The Labute approximate surface area is 111 Å². The Morgan fingerprint density at radius 1 is 1.32 bits per heavy atom. The molecule has 1 aliphatic rings. The molecular formula is C14H16N2O3. The number of rotatable bonds is 3. The zero-order valence-electron chi connectivity index (χ0n) is 11.2. The van der Waals surface area contributed by atoms with E-state index in [1.54, 1.807) is 13.0 Å². The minimum Gasteiger partial charge on any atom is -0.369 e. The first-order valence-corrected chi connectivity index (χ1v) is 6.09. The van der Waals surface area contributed by atoms with Gasteiger partial charge in [-0.25, -0.2) is 0 Å². The van der Waals surface area contributed by atoms with Gasteiger partial charge in [0.05, 0.1) is 17.2 Å². The number of amides is 2. The van der Waals surface area contributed by atoms with Crippen molar-refractivity contribution in [3.63, 3.8) is 0 Å². The molecule has 5 nitrogen and oxygen atoms in total. The van der Waals surface area contributed by atoms with Crippen LogP contribution in [0.1, 0.15) is 28.4 Å². The van der Waals surface area contributed by atoms with Gasteiger partial charge in [-0.1, -0.05) is 13.0 Å². The van der Waals surface area contributed by atoms with Crippen LogP contribution < -0.4 is 10.6 Å². The van der Waals surface area contributed by atoms with Crippen molar-refractivity contribution in [2.75, 3.05) is 11.4 Å². The van der Waals surface area contributed by atoms with E-state index in [0.717, 1.165) is 11.1 Å². The molecule has 1 aromatic carbocycles. The molecule has 0 bridgehead atoms. The molecule has 1 aromatic rings. The number of nitrogens with two attached hydrogens (primary N) is 1. The highest BCUT2D eigenvalue weighted by Gasteiger charge is 2.38. The molecule has 0 aliphatic carbocycles. The second-order valence-corrected chi connectivity index (χ2v) is 5.03. The van der Waals surface area contributed by atoms with E-state index in [1.165, 1.54) is 4.90 Å². The third-order valence-corrected chi connectivity index (χ3v) is 3.34. The summed E-state index contributed by atoms with van der Waals surface area (Å²) >= 11 is 0. The summed E-state index contributed by atoms with van der Waals surface area (Å²) in [6.07, 6.45) is 0. The lowest BCUT2D eigenvalue weighted by atomic mass is 10.0. The van der Waals surface area contributed by atoms with Crippen molar-refractivity contribution in [3.05, 3.63) is 28.8 Å². The minimum absolute atomic E-state index is 0.136. The molecule has 19 heavy (non-hydrogen) atoms. The molecule has 1 heterocycles. The average molecular weight is 260 g/mol. The van der Waals surface area contributed by atoms with Gasteiger partial charge in [0.2, 0.25) is 5.91 Å². The number of benzene rings is 1. The van der Waals surface area contributed by atoms with E-state index < -0.39 is 23.5 Å². The molecule has 0 spiro atoms. The third kappa shape index (κ3) is 2.12. The van der Waals surface area contributed by atoms with Gasteiger partial charge in [-0.05, 0) is 31.0 Å². The number of nitrogens with zero attached hydrogens (tertiary/aromatic N) is 1. The van der Waals surface area contributed by atoms with Crippen LogP contribution in [-0.2, 0) is 9.59 Å². The molecule has 5 heteroatoms. The van der Waals surface area contributed by atoms with E-state index in [4.69, 9.17) is 5.73 Å². The van der Waals surface area contributed by atoms with Crippen LogP contribution in [0.15, 0.2) is 12.1 Å². The van der Waals surface area contributed by atoms with Crippen LogP contribution in [0.4, 0.5) is 5.69 Å². The van der Waals surface area contributed by atoms with Gasteiger partial charge < -0.3 is 10.6 Å². The van der Waals surface area contributed by atoms with E-state index in [9.17, 15) is 14.4 Å². The summed E-state index contributed by atoms with van der Waals surface area (Å²) in [5.74, 6) is -2.09. The summed E-state index contributed by atoms with van der Waals surface area (Å²) in [4.78, 5) is 36.5. The highest BCUT2D eigenvalue weighted by atomic mass is 16.2. The van der Waals surface area contributed by atoms with Crippen molar-refractivity contribution >= 4 is 23.3 Å². The van der Waals surface area contributed by atoms with Crippen molar-refractivity contribution in [1.29, 1.82) is 0 Å². The Balaban J connectivity index is 2.47. The third-order valence-electron chi connectivity index (χ3n) is 3.34. The average Bonchev–Trinajstić information content (AvgIpc) is 2.54. The zero-order valence-corrected chi connectivity index (χ0v) is 11.2. The Bertz CT molecular complexity index is 593. The lowest BCUT2D eigenvalue weighted by Gasteiger charge is -2.21. The quantitative estimate of drug-likeness (QED) is 0.822. The number of carbonyl (C=O) groups is 3. The maximum Gasteiger partial charge on any atom is 0.299 e. The van der Waals surface area contributed by atoms with Crippen molar-refractivity contribution < 1.29 is 14.4 Å². The molecule has 0 saturated carbocycles. The second kappa shape index (κ2) is 4.50. The molecule has 0 aromatic heterocycles. The Morgan fingerprint density at radius 2 is 1.95 bits per heavy atom. The van der Waals surface area contributed by atoms with Gasteiger partial charge in [0.25, 0.3) is 11.7 Å². The van der Waals surface area contributed by atoms with Crippen LogP contribution in [0.5, 0.6) is 0 Å². The first-order valence-electron chi connectivity index (χ1n) is 6.09. The monoisotopic (exact) mass is 260 g/mol. The first-order chi connectivity index (χ1) is 8.82. The Morgan fingerprint density at radius 3 is 2.53 bits per heavy atom. The number of hydrogen-bond acceptors (Lipinski definition) is 3. The fourth-order valence-electron chi connectivity index (χ4n) is 2.37. The van der Waals surface area contributed by atoms with E-state index in [0.29, 0.717) is 11.3 Å². The van der Waals surface area contributed by atoms with E-state index in [1.807, 2.05) is 19.9 Å². The number of anilines is 1. The van der Waals surface area contributed by atoms with Gasteiger partial charge in [-0.15, -0.1) is 0 Å². The smallest absolute Gasteiger partial charge is 0.299 e. The number of ketones is 1. The number of aryl methyl sites for hydroxylation is 2. The molecule has 0 saturated heterocycles. The molecule has 1 atom stereocenters. The van der Waals surface area contributed by atoms with E-state index in [-0.39, 0.29) is 6.54 Å². The lowest BCUT2D eigenvalue weighted by molar-refractivity contribution is -0.121. The zero-order chi connectivity index (χ0) is 14.3. The lowest BCUT2D eigenvalue weighted by Crippen LogP contribution is -2.38. The van der Waals surface area contributed by atoms with Crippen LogP contribution in [0.25, 0.3) is 0 Å². The highest BCUT2D eigenvalue weighted by Crippen LogP contribution is 2.33. The summed E-state index contributed by atoms with van der Waals surface area (Å²) in [5.41, 5.74) is 8.02. The van der Waals surface area contributed by atoms with Crippen molar-refractivity contribution in [1.82, 2.24) is 0 Å². The molecule has 1 unspecified atom stereocenters. The predicted octanol–water partition coefficient (Wildman–Crippen LogP) is 0.954. The number of fused-ring (bicyclic) bond motifs is 1. The normalized spacial score (nSPS) is 15.6. The van der Waals surface area contributed by atoms with Crippen LogP contribution in [0, 0.1) is 19.8 Å². The molecule has 2 N–H and O–H groups in total. The van der Waals surface area contributed by atoms with Gasteiger partial charge >= 0.3 is 0 Å². The Kier molecular flexibility index (Phi) is 3.14. The molecule has 0 radical (unpaired) electrons. The van der Waals surface area contributed by atoms with Gasteiger partial charge in [0.1, 0.15) is 0 Å². The fraction of sp³-hybridized carbons (Fsp3) is 0.357.